The Hall–Kier alpha value is -1.93. The monoisotopic (exact) mass is 368 g/mol. The second kappa shape index (κ2) is 8.44. The quantitative estimate of drug-likeness (QED) is 0.728. The first-order chi connectivity index (χ1) is 11.8. The molecule has 1 heterocycles. The van der Waals surface area contributed by atoms with Gasteiger partial charge in [-0.15, -0.1) is 0 Å². The minimum atomic E-state index is -3.45. The van der Waals surface area contributed by atoms with E-state index in [1.165, 1.54) is 11.2 Å². The highest BCUT2D eigenvalue weighted by Crippen LogP contribution is 2.21. The van der Waals surface area contributed by atoms with Crippen LogP contribution in [-0.2, 0) is 30.8 Å². The summed E-state index contributed by atoms with van der Waals surface area (Å²) in [7, 11) is -3.45. The largest absolute Gasteiger partial charge is 0.453 e. The zero-order valence-corrected chi connectivity index (χ0v) is 15.1. The van der Waals surface area contributed by atoms with Gasteiger partial charge in [0.25, 0.3) is 5.91 Å². The molecule has 0 aromatic heterocycles. The van der Waals surface area contributed by atoms with Gasteiger partial charge in [-0.3, -0.25) is 9.59 Å². The molecule has 1 aliphatic heterocycles. The lowest BCUT2D eigenvalue weighted by Gasteiger charge is -2.25. The van der Waals surface area contributed by atoms with E-state index < -0.39 is 28.0 Å². The Balaban J connectivity index is 1.93. The number of nitrogens with zero attached hydrogens (tertiary/aromatic N) is 1. The van der Waals surface area contributed by atoms with Crippen LogP contribution in [0.15, 0.2) is 29.2 Å². The van der Waals surface area contributed by atoms with E-state index in [0.29, 0.717) is 19.5 Å². The van der Waals surface area contributed by atoms with Crippen molar-refractivity contribution in [2.24, 2.45) is 5.73 Å². The van der Waals surface area contributed by atoms with Gasteiger partial charge in [0.15, 0.2) is 6.10 Å². The highest BCUT2D eigenvalue weighted by atomic mass is 32.2. The number of hydrogen-bond acceptors (Lipinski definition) is 5. The molecule has 2 N–H and O–H groups in total. The fourth-order valence-electron chi connectivity index (χ4n) is 2.64. The molecule has 1 amide bonds. The molecule has 8 heteroatoms. The highest BCUT2D eigenvalue weighted by Gasteiger charge is 2.25. The number of carbonyl (C=O) groups is 2. The molecular weight excluding hydrogens is 344 g/mol. The Kier molecular flexibility index (Phi) is 6.55. The second-order valence-corrected chi connectivity index (χ2v) is 8.08. The number of aryl methyl sites for hydroxylation is 1. The normalized spacial score (nSPS) is 17.0. The van der Waals surface area contributed by atoms with Gasteiger partial charge in [0, 0.05) is 19.5 Å². The van der Waals surface area contributed by atoms with Crippen LogP contribution in [0.3, 0.4) is 0 Å². The summed E-state index contributed by atoms with van der Waals surface area (Å²) in [5.74, 6) is -1.21. The number of rotatable bonds is 7. The first kappa shape index (κ1) is 19.4. The van der Waals surface area contributed by atoms with Crippen LogP contribution in [0.4, 0.5) is 0 Å². The van der Waals surface area contributed by atoms with Gasteiger partial charge in [-0.25, -0.2) is 8.42 Å². The number of benzene rings is 1. The van der Waals surface area contributed by atoms with Gasteiger partial charge in [-0.2, -0.15) is 4.31 Å². The average Bonchev–Trinajstić information content (AvgIpc) is 2.61. The van der Waals surface area contributed by atoms with E-state index in [1.54, 1.807) is 24.3 Å². The van der Waals surface area contributed by atoms with E-state index in [2.05, 4.69) is 0 Å². The third kappa shape index (κ3) is 5.27. The maximum absolute atomic E-state index is 12.6. The minimum absolute atomic E-state index is 0.0931. The lowest BCUT2D eigenvalue weighted by molar-refractivity contribution is -0.153. The van der Waals surface area contributed by atoms with Crippen LogP contribution in [0.1, 0.15) is 38.2 Å². The summed E-state index contributed by atoms with van der Waals surface area (Å²) in [6.45, 7) is 2.54. The van der Waals surface area contributed by atoms with Gasteiger partial charge in [-0.05, 0) is 43.9 Å². The lowest BCUT2D eigenvalue weighted by atomic mass is 10.1. The Morgan fingerprint density at radius 3 is 2.32 bits per heavy atom. The molecule has 1 atom stereocenters. The average molecular weight is 368 g/mol. The van der Waals surface area contributed by atoms with Crippen molar-refractivity contribution in [2.45, 2.75) is 50.0 Å². The number of ether oxygens (including phenoxy) is 1. The summed E-state index contributed by atoms with van der Waals surface area (Å²) in [6, 6.07) is 6.52. The molecule has 0 saturated carbocycles. The van der Waals surface area contributed by atoms with Gasteiger partial charge < -0.3 is 10.5 Å². The number of primary amides is 1. The molecule has 25 heavy (non-hydrogen) atoms. The highest BCUT2D eigenvalue weighted by molar-refractivity contribution is 7.89. The van der Waals surface area contributed by atoms with Gasteiger partial charge >= 0.3 is 5.97 Å². The Bertz CT molecular complexity index is 709. The van der Waals surface area contributed by atoms with E-state index in [-0.39, 0.29) is 11.3 Å². The van der Waals surface area contributed by atoms with Gasteiger partial charge in [-0.1, -0.05) is 18.6 Å². The van der Waals surface area contributed by atoms with Crippen LogP contribution in [0.2, 0.25) is 0 Å². The summed E-state index contributed by atoms with van der Waals surface area (Å²) in [4.78, 5) is 22.8. The van der Waals surface area contributed by atoms with Gasteiger partial charge in [0.05, 0.1) is 4.90 Å². The summed E-state index contributed by atoms with van der Waals surface area (Å²) >= 11 is 0. The molecule has 1 aromatic carbocycles. The van der Waals surface area contributed by atoms with Gasteiger partial charge in [0.1, 0.15) is 0 Å². The predicted molar refractivity (Wildman–Crippen MR) is 92.1 cm³/mol. The maximum atomic E-state index is 12.6. The molecule has 138 valence electrons. The maximum Gasteiger partial charge on any atom is 0.306 e. The Morgan fingerprint density at radius 2 is 1.76 bits per heavy atom. The molecule has 1 saturated heterocycles. The number of nitrogens with two attached hydrogens (primary N) is 1. The third-order valence-corrected chi connectivity index (χ3v) is 6.12. The van der Waals surface area contributed by atoms with Crippen molar-refractivity contribution in [2.75, 3.05) is 13.1 Å². The second-order valence-electron chi connectivity index (χ2n) is 6.14. The number of carbonyl (C=O) groups excluding carboxylic acids is 2. The number of esters is 1. The summed E-state index contributed by atoms with van der Waals surface area (Å²) in [6.07, 6.45) is 2.39. The van der Waals surface area contributed by atoms with Crippen LogP contribution in [0.25, 0.3) is 0 Å². The zero-order chi connectivity index (χ0) is 18.4. The van der Waals surface area contributed by atoms with Crippen molar-refractivity contribution in [3.63, 3.8) is 0 Å². The first-order valence-electron chi connectivity index (χ1n) is 8.38. The summed E-state index contributed by atoms with van der Waals surface area (Å²) < 4.78 is 31.5. The molecule has 0 aliphatic carbocycles. The zero-order valence-electron chi connectivity index (χ0n) is 14.3. The minimum Gasteiger partial charge on any atom is -0.453 e. The number of piperidine rings is 1. The molecule has 0 bridgehead atoms. The van der Waals surface area contributed by atoms with E-state index in [9.17, 15) is 18.0 Å². The van der Waals surface area contributed by atoms with E-state index in [4.69, 9.17) is 10.5 Å². The van der Waals surface area contributed by atoms with Crippen LogP contribution in [-0.4, -0.2) is 43.8 Å². The van der Waals surface area contributed by atoms with Gasteiger partial charge in [0.2, 0.25) is 10.0 Å². The summed E-state index contributed by atoms with van der Waals surface area (Å²) in [5, 5.41) is 0. The number of hydrogen-bond donors (Lipinski definition) is 1. The molecule has 1 aliphatic rings. The van der Waals surface area contributed by atoms with Crippen molar-refractivity contribution < 1.29 is 22.7 Å². The van der Waals surface area contributed by atoms with E-state index >= 15 is 0 Å². The van der Waals surface area contributed by atoms with E-state index in [0.717, 1.165) is 24.8 Å². The SMILES string of the molecule is C[C@@H](OC(=O)CCc1ccc(S(=O)(=O)N2CCCCC2)cc1)C(N)=O. The molecule has 1 aromatic rings. The fraction of sp³-hybridized carbons (Fsp3) is 0.529. The fourth-order valence-corrected chi connectivity index (χ4v) is 4.16. The Labute approximate surface area is 148 Å². The number of amides is 1. The van der Waals surface area contributed by atoms with E-state index in [1.807, 2.05) is 0 Å². The third-order valence-electron chi connectivity index (χ3n) is 4.20. The van der Waals surface area contributed by atoms with Crippen molar-refractivity contribution in [3.05, 3.63) is 29.8 Å². The van der Waals surface area contributed by atoms with Crippen LogP contribution < -0.4 is 5.73 Å². The summed E-state index contributed by atoms with van der Waals surface area (Å²) in [5.41, 5.74) is 5.85. The molecule has 0 spiro atoms. The number of sulfonamides is 1. The standard InChI is InChI=1S/C17H24N2O5S/c1-13(17(18)21)24-16(20)10-7-14-5-8-15(9-6-14)25(22,23)19-11-3-2-4-12-19/h5-6,8-9,13H,2-4,7,10-12H2,1H3,(H2,18,21)/t13-/m1/s1. The molecule has 0 unspecified atom stereocenters. The van der Waals surface area contributed by atoms with Crippen molar-refractivity contribution >= 4 is 21.9 Å². The molecule has 0 radical (unpaired) electrons. The smallest absolute Gasteiger partial charge is 0.306 e. The molecule has 7 nitrogen and oxygen atoms in total. The topological polar surface area (TPSA) is 107 Å². The van der Waals surface area contributed by atoms with Crippen LogP contribution in [0.5, 0.6) is 0 Å². The van der Waals surface area contributed by atoms with Crippen molar-refractivity contribution in [1.82, 2.24) is 4.31 Å². The van der Waals surface area contributed by atoms with Crippen LogP contribution in [0, 0.1) is 0 Å². The van der Waals surface area contributed by atoms with Crippen molar-refractivity contribution in [3.8, 4) is 0 Å². The predicted octanol–water partition coefficient (Wildman–Crippen LogP) is 1.21. The first-order valence-corrected chi connectivity index (χ1v) is 9.82. The van der Waals surface area contributed by atoms with Crippen LogP contribution >= 0.6 is 0 Å². The lowest BCUT2D eigenvalue weighted by Crippen LogP contribution is -2.35. The van der Waals surface area contributed by atoms with Crippen molar-refractivity contribution in [1.29, 1.82) is 0 Å². The molecular formula is C17H24N2O5S. The Morgan fingerprint density at radius 1 is 1.16 bits per heavy atom. The molecule has 2 rings (SSSR count). The molecule has 1 fully saturated rings.